The van der Waals surface area contributed by atoms with E-state index in [1.807, 2.05) is 17.5 Å². The molecule has 0 atom stereocenters. The van der Waals surface area contributed by atoms with Crippen LogP contribution in [0.2, 0.25) is 0 Å². The number of aryl methyl sites for hydroxylation is 1. The smallest absolute Gasteiger partial charge is 0.254 e. The minimum Gasteiger partial charge on any atom is -0.382 e. The molecule has 4 nitrogen and oxygen atoms in total. The highest BCUT2D eigenvalue weighted by Crippen LogP contribution is 2.38. The van der Waals surface area contributed by atoms with Gasteiger partial charge in [0.1, 0.15) is 5.82 Å². The molecule has 1 aromatic carbocycles. The Bertz CT molecular complexity index is 883. The van der Waals surface area contributed by atoms with E-state index in [-0.39, 0.29) is 0 Å². The molecule has 0 spiro atoms. The Hall–Kier alpha value is -2.36. The van der Waals surface area contributed by atoms with Gasteiger partial charge in [0.15, 0.2) is 5.16 Å². The van der Waals surface area contributed by atoms with Crippen LogP contribution in [0.5, 0.6) is 0 Å². The molecule has 0 amide bonds. The Labute approximate surface area is 149 Å². The third kappa shape index (κ3) is 3.58. The summed E-state index contributed by atoms with van der Waals surface area (Å²) in [6, 6.07) is 12.4. The summed E-state index contributed by atoms with van der Waals surface area (Å²) in [5, 5.41) is 5.69. The molecule has 0 radical (unpaired) electrons. The van der Waals surface area contributed by atoms with Crippen LogP contribution in [0.3, 0.4) is 0 Å². The normalized spacial score (nSPS) is 10.4. The number of nitrogens with zero attached hydrogens (tertiary/aromatic N) is 3. The number of hydrogen-bond acceptors (Lipinski definition) is 5. The van der Waals surface area contributed by atoms with Crippen LogP contribution in [0.15, 0.2) is 46.9 Å². The van der Waals surface area contributed by atoms with Crippen LogP contribution in [0.4, 0.5) is 11.5 Å². The quantitative estimate of drug-likeness (QED) is 0.379. The van der Waals surface area contributed by atoms with Crippen molar-refractivity contribution in [3.8, 4) is 10.6 Å². The molecule has 6 heteroatoms. The molecule has 0 aliphatic heterocycles. The van der Waals surface area contributed by atoms with E-state index in [0.29, 0.717) is 22.4 Å². The van der Waals surface area contributed by atoms with Crippen LogP contribution in [0.1, 0.15) is 11.1 Å². The van der Waals surface area contributed by atoms with Crippen LogP contribution in [-0.4, -0.2) is 17.0 Å². The van der Waals surface area contributed by atoms with E-state index in [9.17, 15) is 0 Å². The van der Waals surface area contributed by atoms with Gasteiger partial charge in [-0.15, -0.1) is 11.3 Å². The molecule has 0 aliphatic carbocycles. The molecule has 2 aromatic heterocycles. The van der Waals surface area contributed by atoms with Crippen molar-refractivity contribution in [2.24, 2.45) is 0 Å². The topological polar surface area (TPSA) is 42.2 Å². The SMILES string of the molecule is [C-]#[N+]c1c(NC)nc(SCc2cccc(C)c2)nc1-c1cccs1. The molecule has 0 bridgehead atoms. The minimum atomic E-state index is 0.472. The maximum Gasteiger partial charge on any atom is 0.254 e. The van der Waals surface area contributed by atoms with Crippen LogP contribution >= 0.6 is 23.1 Å². The molecule has 1 N–H and O–H groups in total. The molecule has 0 fully saturated rings. The van der Waals surface area contributed by atoms with Gasteiger partial charge < -0.3 is 5.32 Å². The number of rotatable bonds is 5. The standard InChI is InChI=1S/C18H16N4S2/c1-12-6-4-7-13(10-12)11-24-18-21-15(14-8-5-9-23-14)16(19-2)17(20-3)22-18/h4-10H,11H2,1,3H3,(H,20,21,22). The van der Waals surface area contributed by atoms with E-state index in [1.165, 1.54) is 11.1 Å². The van der Waals surface area contributed by atoms with Gasteiger partial charge in [-0.1, -0.05) is 47.7 Å². The average molecular weight is 352 g/mol. The molecule has 3 rings (SSSR count). The maximum absolute atomic E-state index is 7.46. The van der Waals surface area contributed by atoms with Crippen molar-refractivity contribution >= 4 is 34.6 Å². The lowest BCUT2D eigenvalue weighted by Crippen LogP contribution is -1.98. The second-order valence-corrected chi connectivity index (χ2v) is 7.06. The molecule has 3 aromatic rings. The van der Waals surface area contributed by atoms with Crippen molar-refractivity contribution in [2.75, 3.05) is 12.4 Å². The Morgan fingerprint density at radius 2 is 2.12 bits per heavy atom. The van der Waals surface area contributed by atoms with E-state index >= 15 is 0 Å². The first-order valence-corrected chi connectivity index (χ1v) is 9.27. The highest BCUT2D eigenvalue weighted by molar-refractivity contribution is 7.98. The van der Waals surface area contributed by atoms with Gasteiger partial charge in [0.2, 0.25) is 0 Å². The maximum atomic E-state index is 7.46. The number of thioether (sulfide) groups is 1. The zero-order valence-corrected chi connectivity index (χ0v) is 15.0. The second kappa shape index (κ2) is 7.47. The van der Waals surface area contributed by atoms with Crippen molar-refractivity contribution in [1.82, 2.24) is 9.97 Å². The van der Waals surface area contributed by atoms with Crippen molar-refractivity contribution in [2.45, 2.75) is 17.8 Å². The van der Waals surface area contributed by atoms with Crippen LogP contribution < -0.4 is 5.32 Å². The van der Waals surface area contributed by atoms with Crippen molar-refractivity contribution in [1.29, 1.82) is 0 Å². The highest BCUT2D eigenvalue weighted by Gasteiger charge is 2.16. The van der Waals surface area contributed by atoms with Gasteiger partial charge in [-0.2, -0.15) is 0 Å². The summed E-state index contributed by atoms with van der Waals surface area (Å²) in [6.45, 7) is 9.55. The van der Waals surface area contributed by atoms with Crippen LogP contribution in [0, 0.1) is 13.5 Å². The summed E-state index contributed by atoms with van der Waals surface area (Å²) in [7, 11) is 1.78. The van der Waals surface area contributed by atoms with Crippen LogP contribution in [-0.2, 0) is 5.75 Å². The van der Waals surface area contributed by atoms with Gasteiger partial charge in [0.05, 0.1) is 12.3 Å². The third-order valence-corrected chi connectivity index (χ3v) is 5.21. The lowest BCUT2D eigenvalue weighted by Gasteiger charge is -2.10. The van der Waals surface area contributed by atoms with E-state index in [4.69, 9.17) is 6.57 Å². The van der Waals surface area contributed by atoms with Gasteiger partial charge in [0.25, 0.3) is 5.69 Å². The molecule has 0 saturated heterocycles. The van der Waals surface area contributed by atoms with E-state index in [0.717, 1.165) is 10.6 Å². The molecular weight excluding hydrogens is 336 g/mol. The summed E-state index contributed by atoms with van der Waals surface area (Å²) < 4.78 is 0. The lowest BCUT2D eigenvalue weighted by molar-refractivity contribution is 0.981. The summed E-state index contributed by atoms with van der Waals surface area (Å²) >= 11 is 3.16. The highest BCUT2D eigenvalue weighted by atomic mass is 32.2. The number of nitrogens with one attached hydrogen (secondary N) is 1. The Morgan fingerprint density at radius 1 is 1.25 bits per heavy atom. The predicted molar refractivity (Wildman–Crippen MR) is 102 cm³/mol. The number of anilines is 1. The summed E-state index contributed by atoms with van der Waals surface area (Å²) in [5.74, 6) is 1.38. The van der Waals surface area contributed by atoms with Crippen molar-refractivity contribution < 1.29 is 0 Å². The van der Waals surface area contributed by atoms with Gasteiger partial charge in [-0.3, -0.25) is 0 Å². The van der Waals surface area contributed by atoms with Gasteiger partial charge in [-0.05, 0) is 23.9 Å². The fourth-order valence-electron chi connectivity index (χ4n) is 2.31. The van der Waals surface area contributed by atoms with E-state index in [1.54, 1.807) is 30.1 Å². The number of benzene rings is 1. The first-order valence-electron chi connectivity index (χ1n) is 7.40. The molecule has 2 heterocycles. The number of hydrogen-bond donors (Lipinski definition) is 1. The number of aromatic nitrogens is 2. The number of thiophene rings is 1. The predicted octanol–water partition coefficient (Wildman–Crippen LogP) is 5.40. The zero-order valence-electron chi connectivity index (χ0n) is 13.4. The van der Waals surface area contributed by atoms with Crippen molar-refractivity contribution in [3.63, 3.8) is 0 Å². The average Bonchev–Trinajstić information content (AvgIpc) is 3.13. The molecule has 0 saturated carbocycles. The minimum absolute atomic E-state index is 0.472. The summed E-state index contributed by atoms with van der Waals surface area (Å²) in [5.41, 5.74) is 3.65. The fourth-order valence-corrected chi connectivity index (χ4v) is 3.82. The Balaban J connectivity index is 1.94. The largest absolute Gasteiger partial charge is 0.382 e. The molecule has 0 aliphatic rings. The van der Waals surface area contributed by atoms with Gasteiger partial charge in [-0.25, -0.2) is 14.8 Å². The molecule has 0 unspecified atom stereocenters. The van der Waals surface area contributed by atoms with Crippen molar-refractivity contribution in [3.05, 3.63) is 64.3 Å². The second-order valence-electron chi connectivity index (χ2n) is 5.17. The Morgan fingerprint density at radius 3 is 2.79 bits per heavy atom. The van der Waals surface area contributed by atoms with Gasteiger partial charge >= 0.3 is 0 Å². The van der Waals surface area contributed by atoms with E-state index in [2.05, 4.69) is 51.3 Å². The Kier molecular flexibility index (Phi) is 5.14. The molecular formula is C18H16N4S2. The summed E-state index contributed by atoms with van der Waals surface area (Å²) in [4.78, 5) is 13.8. The fraction of sp³-hybridized carbons (Fsp3) is 0.167. The summed E-state index contributed by atoms with van der Waals surface area (Å²) in [6.07, 6.45) is 0. The lowest BCUT2D eigenvalue weighted by atomic mass is 10.2. The monoisotopic (exact) mass is 352 g/mol. The van der Waals surface area contributed by atoms with E-state index < -0.39 is 0 Å². The zero-order chi connectivity index (χ0) is 16.9. The van der Waals surface area contributed by atoms with Crippen LogP contribution in [0.25, 0.3) is 15.4 Å². The molecule has 24 heavy (non-hydrogen) atoms. The first-order chi connectivity index (χ1) is 11.7. The van der Waals surface area contributed by atoms with Gasteiger partial charge in [0, 0.05) is 17.7 Å². The first kappa shape index (κ1) is 16.5. The molecule has 120 valence electrons. The third-order valence-electron chi connectivity index (χ3n) is 3.42.